The minimum Gasteiger partial charge on any atom is -0.489 e. The lowest BCUT2D eigenvalue weighted by molar-refractivity contribution is 0.118. The molecule has 0 amide bonds. The first-order valence-corrected chi connectivity index (χ1v) is 10.2. The second-order valence-electron chi connectivity index (χ2n) is 7.04. The van der Waals surface area contributed by atoms with Crippen LogP contribution in [0.4, 0.5) is 0 Å². The second-order valence-corrected chi connectivity index (χ2v) is 7.45. The summed E-state index contributed by atoms with van der Waals surface area (Å²) in [5, 5.41) is 19.2. The molecule has 0 saturated carbocycles. The molecule has 0 fully saturated rings. The lowest BCUT2D eigenvalue weighted by Crippen LogP contribution is -2.20. The molecule has 0 saturated heterocycles. The number of nitrogens with two attached hydrogens (primary N) is 1. The molecule has 0 aliphatic carbocycles. The van der Waals surface area contributed by atoms with Crippen molar-refractivity contribution in [3.8, 4) is 17.2 Å². The van der Waals surface area contributed by atoms with Crippen molar-refractivity contribution in [2.75, 3.05) is 6.61 Å². The van der Waals surface area contributed by atoms with E-state index in [4.69, 9.17) is 31.9 Å². The Morgan fingerprint density at radius 2 is 1.63 bits per heavy atom. The van der Waals surface area contributed by atoms with Gasteiger partial charge >= 0.3 is 0 Å². The average Bonchev–Trinajstić information content (AvgIpc) is 2.73. The summed E-state index contributed by atoms with van der Waals surface area (Å²) in [5.41, 5.74) is 7.96. The molecule has 0 aromatic heterocycles. The number of aliphatic hydroxyl groups is 2. The molecule has 3 aromatic carbocycles. The Kier molecular flexibility index (Phi) is 8.11. The molecule has 30 heavy (non-hydrogen) atoms. The largest absolute Gasteiger partial charge is 0.489 e. The molecule has 5 nitrogen and oxygen atoms in total. The fraction of sp³-hybridized carbons (Fsp3) is 0.250. The molecule has 0 aliphatic rings. The summed E-state index contributed by atoms with van der Waals surface area (Å²) in [5.74, 6) is 1.91. The van der Waals surface area contributed by atoms with Crippen molar-refractivity contribution < 1.29 is 19.7 Å². The maximum atomic E-state index is 9.84. The van der Waals surface area contributed by atoms with Gasteiger partial charge in [0.05, 0.1) is 6.10 Å². The van der Waals surface area contributed by atoms with Crippen LogP contribution in [0.3, 0.4) is 0 Å². The molecular formula is C24H26ClNO4. The summed E-state index contributed by atoms with van der Waals surface area (Å²) in [6, 6.07) is 22.2. The Hall–Kier alpha value is -2.57. The molecule has 3 aromatic rings. The maximum absolute atomic E-state index is 9.84. The van der Waals surface area contributed by atoms with Gasteiger partial charge in [-0.05, 0) is 48.2 Å². The third-order valence-corrected chi connectivity index (χ3v) is 4.98. The van der Waals surface area contributed by atoms with Gasteiger partial charge in [-0.15, -0.1) is 0 Å². The Labute approximate surface area is 181 Å². The molecule has 0 aliphatic heterocycles. The summed E-state index contributed by atoms with van der Waals surface area (Å²) >= 11 is 6.38. The predicted molar refractivity (Wildman–Crippen MR) is 118 cm³/mol. The summed E-state index contributed by atoms with van der Waals surface area (Å²) in [7, 11) is 0. The first kappa shape index (κ1) is 22.1. The third-order valence-electron chi connectivity index (χ3n) is 4.65. The second kappa shape index (κ2) is 11.0. The van der Waals surface area contributed by atoms with Crippen LogP contribution in [0, 0.1) is 0 Å². The molecule has 0 spiro atoms. The molecule has 3 rings (SSSR count). The third kappa shape index (κ3) is 6.47. The highest BCUT2D eigenvalue weighted by atomic mass is 35.5. The lowest BCUT2D eigenvalue weighted by Gasteiger charge is -2.18. The number of rotatable bonds is 10. The first-order valence-electron chi connectivity index (χ1n) is 9.83. The number of ether oxygens (including phenoxy) is 2. The quantitative estimate of drug-likeness (QED) is 0.431. The monoisotopic (exact) mass is 427 g/mol. The number of aliphatic hydroxyl groups excluding tert-OH is 2. The fourth-order valence-corrected chi connectivity index (χ4v) is 3.37. The zero-order chi connectivity index (χ0) is 21.3. The minimum atomic E-state index is -0.671. The number of halogens is 1. The summed E-state index contributed by atoms with van der Waals surface area (Å²) in [6.07, 6.45) is -0.0631. The predicted octanol–water partition coefficient (Wildman–Crippen LogP) is 4.84. The van der Waals surface area contributed by atoms with Crippen LogP contribution < -0.4 is 15.2 Å². The zero-order valence-electron chi connectivity index (χ0n) is 16.6. The average molecular weight is 428 g/mol. The van der Waals surface area contributed by atoms with E-state index < -0.39 is 12.1 Å². The maximum Gasteiger partial charge on any atom is 0.131 e. The summed E-state index contributed by atoms with van der Waals surface area (Å²) in [4.78, 5) is 0. The van der Waals surface area contributed by atoms with Crippen molar-refractivity contribution >= 4 is 11.6 Å². The van der Waals surface area contributed by atoms with Crippen LogP contribution in [0.1, 0.15) is 30.0 Å². The Morgan fingerprint density at radius 3 is 2.37 bits per heavy atom. The van der Waals surface area contributed by atoms with Crippen molar-refractivity contribution in [1.82, 2.24) is 0 Å². The van der Waals surface area contributed by atoms with Crippen LogP contribution in [0.2, 0.25) is 5.02 Å². The SMILES string of the molecule is NC(CC(O)CCO)c1ccc(Oc2cccc(OCc3ccccc3)c2)cc1Cl. The molecule has 0 bridgehead atoms. The van der Waals surface area contributed by atoms with Gasteiger partial charge in [0.2, 0.25) is 0 Å². The molecule has 0 heterocycles. The van der Waals surface area contributed by atoms with Crippen LogP contribution in [0.15, 0.2) is 72.8 Å². The number of benzene rings is 3. The minimum absolute atomic E-state index is 0.0808. The van der Waals surface area contributed by atoms with Crippen molar-refractivity contribution in [1.29, 1.82) is 0 Å². The fourth-order valence-electron chi connectivity index (χ4n) is 3.06. The zero-order valence-corrected chi connectivity index (χ0v) is 17.3. The molecule has 6 heteroatoms. The van der Waals surface area contributed by atoms with Crippen LogP contribution in [-0.2, 0) is 6.61 Å². The van der Waals surface area contributed by atoms with Crippen LogP contribution in [0.5, 0.6) is 17.2 Å². The normalized spacial score (nSPS) is 12.9. The molecule has 2 atom stereocenters. The van der Waals surface area contributed by atoms with E-state index in [9.17, 15) is 5.11 Å². The van der Waals surface area contributed by atoms with Crippen LogP contribution >= 0.6 is 11.6 Å². The van der Waals surface area contributed by atoms with Gasteiger partial charge in [-0.25, -0.2) is 0 Å². The van der Waals surface area contributed by atoms with Gasteiger partial charge in [0.25, 0.3) is 0 Å². The van der Waals surface area contributed by atoms with E-state index in [2.05, 4.69) is 0 Å². The molecule has 158 valence electrons. The molecule has 2 unspecified atom stereocenters. The van der Waals surface area contributed by atoms with Crippen molar-refractivity contribution in [2.45, 2.75) is 31.6 Å². The van der Waals surface area contributed by atoms with E-state index in [0.717, 1.165) is 11.1 Å². The van der Waals surface area contributed by atoms with E-state index in [0.29, 0.717) is 35.3 Å². The van der Waals surface area contributed by atoms with E-state index >= 15 is 0 Å². The van der Waals surface area contributed by atoms with Gasteiger partial charge in [-0.2, -0.15) is 0 Å². The molecule has 4 N–H and O–H groups in total. The lowest BCUT2D eigenvalue weighted by atomic mass is 10.00. The summed E-state index contributed by atoms with van der Waals surface area (Å²) in [6.45, 7) is 0.396. The van der Waals surface area contributed by atoms with E-state index in [1.54, 1.807) is 18.2 Å². The van der Waals surface area contributed by atoms with E-state index in [1.165, 1.54) is 0 Å². The Bertz CT molecular complexity index is 935. The first-order chi connectivity index (χ1) is 14.5. The number of hydrogen-bond donors (Lipinski definition) is 3. The van der Waals surface area contributed by atoms with Gasteiger partial charge in [0, 0.05) is 23.7 Å². The van der Waals surface area contributed by atoms with Gasteiger partial charge in [0.1, 0.15) is 23.9 Å². The van der Waals surface area contributed by atoms with Crippen LogP contribution in [-0.4, -0.2) is 22.9 Å². The Morgan fingerprint density at radius 1 is 0.900 bits per heavy atom. The molecular weight excluding hydrogens is 402 g/mol. The van der Waals surface area contributed by atoms with Crippen molar-refractivity contribution in [2.24, 2.45) is 5.73 Å². The van der Waals surface area contributed by atoms with E-state index in [1.807, 2.05) is 54.6 Å². The highest BCUT2D eigenvalue weighted by Gasteiger charge is 2.16. The van der Waals surface area contributed by atoms with E-state index in [-0.39, 0.29) is 13.0 Å². The topological polar surface area (TPSA) is 84.9 Å². The van der Waals surface area contributed by atoms with Gasteiger partial charge in [-0.3, -0.25) is 0 Å². The van der Waals surface area contributed by atoms with Crippen molar-refractivity contribution in [3.63, 3.8) is 0 Å². The Balaban J connectivity index is 1.62. The van der Waals surface area contributed by atoms with Crippen molar-refractivity contribution in [3.05, 3.63) is 88.9 Å². The smallest absolute Gasteiger partial charge is 0.131 e. The molecule has 0 radical (unpaired) electrons. The standard InChI is InChI=1S/C24H26ClNO4/c25-23-15-21(9-10-22(23)24(26)13-18(28)11-12-27)30-20-8-4-7-19(14-20)29-16-17-5-2-1-3-6-17/h1-10,14-15,18,24,27-28H,11-13,16,26H2. The van der Waals surface area contributed by atoms with Crippen LogP contribution in [0.25, 0.3) is 0 Å². The highest BCUT2D eigenvalue weighted by molar-refractivity contribution is 6.31. The van der Waals surface area contributed by atoms with Gasteiger partial charge in [0.15, 0.2) is 0 Å². The number of hydrogen-bond acceptors (Lipinski definition) is 5. The van der Waals surface area contributed by atoms with Gasteiger partial charge in [-0.1, -0.05) is 54.1 Å². The highest BCUT2D eigenvalue weighted by Crippen LogP contribution is 2.32. The van der Waals surface area contributed by atoms with Gasteiger partial charge < -0.3 is 25.4 Å². The summed E-state index contributed by atoms with van der Waals surface area (Å²) < 4.78 is 11.8.